The molecule has 146 valence electrons. The summed E-state index contributed by atoms with van der Waals surface area (Å²) in [6.07, 6.45) is 2.73. The second kappa shape index (κ2) is 9.03. The van der Waals surface area contributed by atoms with Crippen LogP contribution in [0.1, 0.15) is 36.7 Å². The van der Waals surface area contributed by atoms with E-state index in [0.717, 1.165) is 49.4 Å². The Labute approximate surface area is 170 Å². The maximum Gasteiger partial charge on any atom is 0.253 e. The van der Waals surface area contributed by atoms with Crippen molar-refractivity contribution < 1.29 is 18.4 Å². The lowest BCUT2D eigenvalue weighted by Gasteiger charge is -2.12. The summed E-state index contributed by atoms with van der Waals surface area (Å²) in [6, 6.07) is 0. The zero-order valence-electron chi connectivity index (χ0n) is 15.2. The molecule has 28 heavy (non-hydrogen) atoms. The average molecular weight is 424 g/mol. The van der Waals surface area contributed by atoms with Gasteiger partial charge < -0.3 is 0 Å². The summed E-state index contributed by atoms with van der Waals surface area (Å²) in [5.41, 5.74) is -4.97. The highest BCUT2D eigenvalue weighted by Crippen LogP contribution is 2.21. The summed E-state index contributed by atoms with van der Waals surface area (Å²) >= 11 is 2.28. The highest BCUT2D eigenvalue weighted by Gasteiger charge is 2.27. The fourth-order valence-corrected chi connectivity index (χ4v) is 3.35. The zero-order valence-corrected chi connectivity index (χ0v) is 16.8. The van der Waals surface area contributed by atoms with Gasteiger partial charge in [-0.1, -0.05) is 22.7 Å². The third-order valence-electron chi connectivity index (χ3n) is 3.29. The maximum absolute atomic E-state index is 13.3. The Morgan fingerprint density at radius 2 is 1.21 bits per heavy atom. The molecular formula is C14H16B2F2N6O2S2. The fourth-order valence-electron chi connectivity index (χ4n) is 1.80. The maximum atomic E-state index is 13.3. The van der Waals surface area contributed by atoms with Gasteiger partial charge in [0, 0.05) is 12.8 Å². The Morgan fingerprint density at radius 1 is 0.857 bits per heavy atom. The quantitative estimate of drug-likeness (QED) is 0.467. The van der Waals surface area contributed by atoms with Crippen LogP contribution in [0, 0.1) is 0 Å². The van der Waals surface area contributed by atoms with Gasteiger partial charge in [0.15, 0.2) is 0 Å². The molecule has 0 aromatic carbocycles. The van der Waals surface area contributed by atoms with E-state index >= 15 is 0 Å². The number of hydrogen-bond donors (Lipinski definition) is 2. The molecule has 0 spiro atoms. The van der Waals surface area contributed by atoms with Gasteiger partial charge in [-0.3, -0.25) is 20.2 Å². The van der Waals surface area contributed by atoms with E-state index in [-0.39, 0.29) is 10.3 Å². The highest BCUT2D eigenvalue weighted by atomic mass is 32.1. The lowest BCUT2D eigenvalue weighted by Crippen LogP contribution is -2.36. The average Bonchev–Trinajstić information content (AvgIpc) is 3.19. The first-order chi connectivity index (χ1) is 12.9. The molecule has 2 N–H and O–H groups in total. The number of carbonyl (C=O) groups excluding carboxylic acids is 2. The van der Waals surface area contributed by atoms with Crippen LogP contribution in [-0.2, 0) is 22.4 Å². The molecule has 8 nitrogen and oxygen atoms in total. The third kappa shape index (κ3) is 6.89. The second-order valence-electron chi connectivity index (χ2n) is 6.27. The first-order valence-corrected chi connectivity index (χ1v) is 9.81. The van der Waals surface area contributed by atoms with E-state index in [9.17, 15) is 18.4 Å². The van der Waals surface area contributed by atoms with Gasteiger partial charge in [-0.25, -0.2) is 8.78 Å². The van der Waals surface area contributed by atoms with Crippen LogP contribution in [0.4, 0.5) is 19.0 Å². The number of aromatic nitrogens is 4. The molecular weight excluding hydrogens is 408 g/mol. The van der Waals surface area contributed by atoms with Crippen molar-refractivity contribution >= 4 is 60.4 Å². The van der Waals surface area contributed by atoms with Crippen LogP contribution in [0.2, 0.25) is 0 Å². The zero-order chi connectivity index (χ0) is 20.9. The highest BCUT2D eigenvalue weighted by molar-refractivity contribution is 7.15. The normalized spacial score (nSPS) is 15.4. The fraction of sp³-hybridized carbons (Fsp3) is 0.571. The number of carbonyl (C=O) groups is 2. The molecule has 14 heteroatoms. The Bertz CT molecular complexity index is 766. The Kier molecular flexibility index (Phi) is 7.21. The lowest BCUT2D eigenvalue weighted by molar-refractivity contribution is -0.122. The molecule has 2 unspecified atom stereocenters. The third-order valence-corrected chi connectivity index (χ3v) is 5.09. The number of unbranched alkanes of at least 4 members (excludes halogenated alkanes) is 1. The number of amides is 2. The summed E-state index contributed by atoms with van der Waals surface area (Å²) < 4.78 is 26.6. The number of aryl methyl sites for hydroxylation is 2. The van der Waals surface area contributed by atoms with Gasteiger partial charge in [0.05, 0.1) is 0 Å². The van der Waals surface area contributed by atoms with Crippen molar-refractivity contribution in [3.05, 3.63) is 10.0 Å². The van der Waals surface area contributed by atoms with Crippen molar-refractivity contribution in [2.24, 2.45) is 0 Å². The molecule has 2 rings (SSSR count). The van der Waals surface area contributed by atoms with E-state index in [1.54, 1.807) is 0 Å². The predicted molar refractivity (Wildman–Crippen MR) is 104 cm³/mol. The van der Waals surface area contributed by atoms with Crippen LogP contribution in [-0.4, -0.2) is 59.0 Å². The molecule has 0 aliphatic carbocycles. The molecule has 2 heterocycles. The summed E-state index contributed by atoms with van der Waals surface area (Å²) in [7, 11) is 10.1. The van der Waals surface area contributed by atoms with Crippen molar-refractivity contribution in [3.8, 4) is 0 Å². The molecule has 0 saturated heterocycles. The number of anilines is 2. The Hall–Kier alpha value is -1.95. The number of alkyl halides is 2. The molecule has 0 bridgehead atoms. The lowest BCUT2D eigenvalue weighted by atomic mass is 9.85. The summed E-state index contributed by atoms with van der Waals surface area (Å²) in [6.45, 7) is 1.89. The smallest absolute Gasteiger partial charge is 0.253 e. The van der Waals surface area contributed by atoms with Gasteiger partial charge in [-0.15, -0.1) is 20.4 Å². The van der Waals surface area contributed by atoms with E-state index < -0.39 is 23.0 Å². The molecule has 0 fully saturated rings. The predicted octanol–water partition coefficient (Wildman–Crippen LogP) is 1.54. The van der Waals surface area contributed by atoms with E-state index in [0.29, 0.717) is 22.9 Å². The topological polar surface area (TPSA) is 110 Å². The Balaban J connectivity index is 1.74. The van der Waals surface area contributed by atoms with Gasteiger partial charge in [-0.05, 0) is 26.7 Å². The van der Waals surface area contributed by atoms with Gasteiger partial charge in [0.1, 0.15) is 36.8 Å². The second-order valence-corrected chi connectivity index (χ2v) is 8.39. The van der Waals surface area contributed by atoms with Gasteiger partial charge >= 0.3 is 0 Å². The van der Waals surface area contributed by atoms with Crippen LogP contribution in [0.5, 0.6) is 0 Å². The number of nitrogens with zero attached hydrogens (tertiary/aromatic N) is 4. The number of halogens is 2. The minimum atomic E-state index is -2.49. The minimum absolute atomic E-state index is 0.179. The molecule has 2 atom stereocenters. The molecule has 0 aliphatic rings. The monoisotopic (exact) mass is 424 g/mol. The van der Waals surface area contributed by atoms with Gasteiger partial charge in [0.25, 0.3) is 11.8 Å². The van der Waals surface area contributed by atoms with E-state index in [1.807, 2.05) is 0 Å². The first kappa shape index (κ1) is 22.3. The van der Waals surface area contributed by atoms with Crippen molar-refractivity contribution in [1.82, 2.24) is 20.4 Å². The molecule has 2 aromatic heterocycles. The van der Waals surface area contributed by atoms with E-state index in [1.165, 1.54) is 0 Å². The van der Waals surface area contributed by atoms with E-state index in [4.69, 9.17) is 15.7 Å². The SMILES string of the molecule is [B]C(C)(F)C(=O)Nc1nnc(CCCCc2nnc(NC(=O)C([B])(C)F)s2)s1. The largest absolute Gasteiger partial charge is 0.298 e. The Morgan fingerprint density at radius 3 is 1.54 bits per heavy atom. The van der Waals surface area contributed by atoms with Crippen LogP contribution in [0.3, 0.4) is 0 Å². The van der Waals surface area contributed by atoms with Gasteiger partial charge in [-0.2, -0.15) is 0 Å². The summed E-state index contributed by atoms with van der Waals surface area (Å²) in [5.74, 6) is -1.98. The number of rotatable bonds is 9. The summed E-state index contributed by atoms with van der Waals surface area (Å²) in [5, 5.41) is 21.7. The molecule has 0 aliphatic heterocycles. The van der Waals surface area contributed by atoms with Crippen LogP contribution in [0.15, 0.2) is 0 Å². The molecule has 2 amide bonds. The summed E-state index contributed by atoms with van der Waals surface area (Å²) in [4.78, 5) is 22.9. The van der Waals surface area contributed by atoms with Crippen molar-refractivity contribution in [3.63, 3.8) is 0 Å². The number of nitrogens with one attached hydrogen (secondary N) is 2. The standard InChI is InChI=1S/C14H16B2F2N6O2S2/c1-13(15,17)9(25)19-11-23-21-7(27-11)5-3-4-6-8-22-24-12(28-8)20-10(26)14(2,16)18/h3-6H2,1-2H3,(H,19,23,25)(H,20,24,26). The molecule has 4 radical (unpaired) electrons. The van der Waals surface area contributed by atoms with Crippen LogP contribution in [0.25, 0.3) is 0 Å². The number of hydrogen-bond acceptors (Lipinski definition) is 8. The van der Waals surface area contributed by atoms with Gasteiger partial charge in [0.2, 0.25) is 10.3 Å². The first-order valence-electron chi connectivity index (χ1n) is 8.18. The van der Waals surface area contributed by atoms with Crippen molar-refractivity contribution in [1.29, 1.82) is 0 Å². The van der Waals surface area contributed by atoms with E-state index in [2.05, 4.69) is 31.0 Å². The molecule has 2 aromatic rings. The van der Waals surface area contributed by atoms with Crippen LogP contribution >= 0.6 is 22.7 Å². The van der Waals surface area contributed by atoms with Crippen molar-refractivity contribution in [2.45, 2.75) is 50.7 Å². The van der Waals surface area contributed by atoms with Crippen molar-refractivity contribution in [2.75, 3.05) is 10.6 Å². The van der Waals surface area contributed by atoms with Crippen LogP contribution < -0.4 is 10.6 Å². The minimum Gasteiger partial charge on any atom is -0.298 e. The molecule has 0 saturated carbocycles.